The molecule has 0 unspecified atom stereocenters. The molecule has 1 aromatic rings. The lowest BCUT2D eigenvalue weighted by atomic mass is 9.80. The summed E-state index contributed by atoms with van der Waals surface area (Å²) in [4.78, 5) is 7.47. The smallest absolute Gasteiger partial charge is 0.193 e. The molecule has 1 aromatic heterocycles. The van der Waals surface area contributed by atoms with Gasteiger partial charge in [-0.25, -0.2) is 0 Å². The summed E-state index contributed by atoms with van der Waals surface area (Å²) < 4.78 is 0.801. The summed E-state index contributed by atoms with van der Waals surface area (Å²) in [6.45, 7) is 1.32. The highest BCUT2D eigenvalue weighted by Crippen LogP contribution is 2.30. The zero-order valence-electron chi connectivity index (χ0n) is 11.7. The number of guanidine groups is 1. The number of thiophene rings is 1. The third-order valence-electron chi connectivity index (χ3n) is 3.46. The van der Waals surface area contributed by atoms with Gasteiger partial charge in [0.2, 0.25) is 0 Å². The fourth-order valence-corrected chi connectivity index (χ4v) is 3.28. The van der Waals surface area contributed by atoms with Crippen molar-refractivity contribution in [1.82, 2.24) is 10.2 Å². The van der Waals surface area contributed by atoms with Crippen LogP contribution in [0.5, 0.6) is 0 Å². The third kappa shape index (κ3) is 4.75. The van der Waals surface area contributed by atoms with Crippen molar-refractivity contribution in [3.05, 3.63) is 21.3 Å². The molecule has 2 rings (SSSR count). The average Bonchev–Trinajstić information content (AvgIpc) is 2.73. The highest BCUT2D eigenvalue weighted by Gasteiger charge is 2.34. The number of hydrogen-bond donors (Lipinski definition) is 2. The Bertz CT molecular complexity index is 462. The summed E-state index contributed by atoms with van der Waals surface area (Å²) in [6.07, 6.45) is 2.86. The molecule has 0 aromatic carbocycles. The van der Waals surface area contributed by atoms with Gasteiger partial charge in [0.05, 0.1) is 16.5 Å². The summed E-state index contributed by atoms with van der Waals surface area (Å²) >= 11 is 7.50. The molecule has 20 heavy (non-hydrogen) atoms. The molecule has 0 amide bonds. The van der Waals surface area contributed by atoms with E-state index in [0.29, 0.717) is 6.54 Å². The summed E-state index contributed by atoms with van der Waals surface area (Å²) in [5, 5.41) is 13.3. The first kappa shape index (κ1) is 18.0. The minimum atomic E-state index is -0.539. The Morgan fingerprint density at radius 1 is 1.55 bits per heavy atom. The van der Waals surface area contributed by atoms with Gasteiger partial charge in [-0.2, -0.15) is 0 Å². The summed E-state index contributed by atoms with van der Waals surface area (Å²) in [6, 6.07) is 3.93. The van der Waals surface area contributed by atoms with Crippen LogP contribution < -0.4 is 5.32 Å². The van der Waals surface area contributed by atoms with E-state index in [1.807, 2.05) is 24.1 Å². The van der Waals surface area contributed by atoms with Gasteiger partial charge in [0, 0.05) is 25.5 Å². The van der Waals surface area contributed by atoms with Gasteiger partial charge in [-0.05, 0) is 31.4 Å². The van der Waals surface area contributed by atoms with Crippen LogP contribution in [0.25, 0.3) is 0 Å². The van der Waals surface area contributed by atoms with Crippen LogP contribution in [0.15, 0.2) is 17.1 Å². The predicted molar refractivity (Wildman–Crippen MR) is 96.4 cm³/mol. The summed E-state index contributed by atoms with van der Waals surface area (Å²) in [5.74, 6) is 0.796. The summed E-state index contributed by atoms with van der Waals surface area (Å²) in [5.41, 5.74) is -0.539. The molecule has 0 bridgehead atoms. The number of rotatable bonds is 4. The number of hydrogen-bond acceptors (Lipinski definition) is 3. The molecule has 1 heterocycles. The van der Waals surface area contributed by atoms with Gasteiger partial charge in [0.25, 0.3) is 0 Å². The lowest BCUT2D eigenvalue weighted by Gasteiger charge is -2.37. The van der Waals surface area contributed by atoms with Crippen LogP contribution in [0.3, 0.4) is 0 Å². The van der Waals surface area contributed by atoms with Crippen LogP contribution >= 0.6 is 46.9 Å². The highest BCUT2D eigenvalue weighted by molar-refractivity contribution is 14.0. The maximum atomic E-state index is 10.1. The maximum absolute atomic E-state index is 10.1. The number of nitrogens with one attached hydrogen (secondary N) is 1. The minimum absolute atomic E-state index is 0. The zero-order valence-corrected chi connectivity index (χ0v) is 15.6. The molecule has 0 saturated heterocycles. The Hall–Kier alpha value is -0.0500. The van der Waals surface area contributed by atoms with Crippen molar-refractivity contribution in [3.63, 3.8) is 0 Å². The van der Waals surface area contributed by atoms with E-state index in [4.69, 9.17) is 11.6 Å². The molecule has 1 aliphatic carbocycles. The van der Waals surface area contributed by atoms with E-state index in [1.54, 1.807) is 18.4 Å². The summed E-state index contributed by atoms with van der Waals surface area (Å²) in [7, 11) is 3.73. The predicted octanol–water partition coefficient (Wildman–Crippen LogP) is 2.94. The Morgan fingerprint density at radius 3 is 2.70 bits per heavy atom. The van der Waals surface area contributed by atoms with E-state index < -0.39 is 5.60 Å². The minimum Gasteiger partial charge on any atom is -0.388 e. The molecule has 0 atom stereocenters. The first-order valence-electron chi connectivity index (χ1n) is 6.41. The number of aliphatic hydroxyl groups is 1. The van der Waals surface area contributed by atoms with Crippen molar-refractivity contribution in [1.29, 1.82) is 0 Å². The molecule has 1 saturated carbocycles. The lowest BCUT2D eigenvalue weighted by molar-refractivity contribution is -0.0282. The molecule has 0 radical (unpaired) electrons. The number of aliphatic imine (C=N–C) groups is 1. The third-order valence-corrected chi connectivity index (χ3v) is 4.67. The van der Waals surface area contributed by atoms with Gasteiger partial charge in [0.1, 0.15) is 0 Å². The van der Waals surface area contributed by atoms with Crippen LogP contribution in [0.1, 0.15) is 24.1 Å². The van der Waals surface area contributed by atoms with Crippen molar-refractivity contribution in [2.75, 3.05) is 20.6 Å². The van der Waals surface area contributed by atoms with E-state index in [0.717, 1.165) is 36.1 Å². The van der Waals surface area contributed by atoms with Gasteiger partial charge >= 0.3 is 0 Å². The van der Waals surface area contributed by atoms with Crippen molar-refractivity contribution in [2.45, 2.75) is 31.4 Å². The van der Waals surface area contributed by atoms with Gasteiger partial charge in [-0.15, -0.1) is 35.3 Å². The van der Waals surface area contributed by atoms with Crippen LogP contribution in [-0.4, -0.2) is 42.2 Å². The molecule has 4 nitrogen and oxygen atoms in total. The Kier molecular flexibility index (Phi) is 7.03. The fraction of sp³-hybridized carbons (Fsp3) is 0.615. The zero-order chi connectivity index (χ0) is 13.9. The Morgan fingerprint density at radius 2 is 2.25 bits per heavy atom. The average molecular weight is 430 g/mol. The largest absolute Gasteiger partial charge is 0.388 e. The normalized spacial score (nSPS) is 17.1. The quantitative estimate of drug-likeness (QED) is 0.439. The Balaban J connectivity index is 0.00000200. The first-order valence-corrected chi connectivity index (χ1v) is 7.60. The van der Waals surface area contributed by atoms with Crippen LogP contribution in [0.2, 0.25) is 4.34 Å². The number of nitrogens with zero attached hydrogens (tertiary/aromatic N) is 2. The molecule has 2 N–H and O–H groups in total. The highest BCUT2D eigenvalue weighted by atomic mass is 127. The van der Waals surface area contributed by atoms with Gasteiger partial charge in [0.15, 0.2) is 5.96 Å². The molecular weight excluding hydrogens is 409 g/mol. The van der Waals surface area contributed by atoms with E-state index in [1.165, 1.54) is 4.88 Å². The van der Waals surface area contributed by atoms with Crippen molar-refractivity contribution in [3.8, 4) is 0 Å². The second-order valence-corrected chi connectivity index (χ2v) is 6.84. The van der Waals surface area contributed by atoms with Crippen LogP contribution in [-0.2, 0) is 6.54 Å². The van der Waals surface area contributed by atoms with Crippen LogP contribution in [0, 0.1) is 0 Å². The topological polar surface area (TPSA) is 47.9 Å². The standard InChI is InChI=1S/C13H20ClN3OS.HI/c1-15-12(16-9-13(18)6-3-7-13)17(2)8-10-4-5-11(14)19-10;/h4-5,18H,3,6-9H2,1-2H3,(H,15,16);1H. The molecule has 1 fully saturated rings. The molecular formula is C13H21ClIN3OS. The van der Waals surface area contributed by atoms with E-state index in [9.17, 15) is 5.11 Å². The monoisotopic (exact) mass is 429 g/mol. The van der Waals surface area contributed by atoms with Crippen molar-refractivity contribution >= 4 is 52.9 Å². The molecule has 0 spiro atoms. The second-order valence-electron chi connectivity index (χ2n) is 5.04. The second kappa shape index (κ2) is 7.82. The SMILES string of the molecule is CN=C(NCC1(O)CCC1)N(C)Cc1ccc(Cl)s1.I. The van der Waals surface area contributed by atoms with Gasteiger partial charge < -0.3 is 15.3 Å². The maximum Gasteiger partial charge on any atom is 0.193 e. The Labute approximate surface area is 146 Å². The number of halogens is 2. The molecule has 0 aliphatic heterocycles. The van der Waals surface area contributed by atoms with Crippen molar-refractivity contribution in [2.24, 2.45) is 4.99 Å². The van der Waals surface area contributed by atoms with E-state index >= 15 is 0 Å². The van der Waals surface area contributed by atoms with Gasteiger partial charge in [-0.1, -0.05) is 11.6 Å². The lowest BCUT2D eigenvalue weighted by Crippen LogP contribution is -2.50. The molecule has 1 aliphatic rings. The van der Waals surface area contributed by atoms with Crippen LogP contribution in [0.4, 0.5) is 0 Å². The van der Waals surface area contributed by atoms with E-state index in [-0.39, 0.29) is 24.0 Å². The van der Waals surface area contributed by atoms with Gasteiger partial charge in [-0.3, -0.25) is 4.99 Å². The van der Waals surface area contributed by atoms with Crippen molar-refractivity contribution < 1.29 is 5.11 Å². The molecule has 7 heteroatoms. The van der Waals surface area contributed by atoms with E-state index in [2.05, 4.69) is 10.3 Å². The molecule has 114 valence electrons. The fourth-order valence-electron chi connectivity index (χ4n) is 2.14. The first-order chi connectivity index (χ1) is 9.02.